The first kappa shape index (κ1) is 19.6. The zero-order valence-electron chi connectivity index (χ0n) is 15.8. The Morgan fingerprint density at radius 1 is 1.07 bits per heavy atom. The lowest BCUT2D eigenvalue weighted by atomic mass is 10.1. The molecule has 1 heterocycles. The fourth-order valence-electron chi connectivity index (χ4n) is 2.59. The van der Waals surface area contributed by atoms with Crippen LogP contribution in [0.3, 0.4) is 0 Å². The van der Waals surface area contributed by atoms with E-state index in [1.54, 1.807) is 19.1 Å². The van der Waals surface area contributed by atoms with Gasteiger partial charge in [0.05, 0.1) is 12.2 Å². The van der Waals surface area contributed by atoms with E-state index in [-0.39, 0.29) is 12.5 Å². The summed E-state index contributed by atoms with van der Waals surface area (Å²) in [6.07, 6.45) is 3.20. The quantitative estimate of drug-likeness (QED) is 0.443. The van der Waals surface area contributed by atoms with Gasteiger partial charge in [0.2, 0.25) is 5.91 Å². The number of ether oxygens (including phenoxy) is 1. The van der Waals surface area contributed by atoms with Crippen molar-refractivity contribution in [1.29, 1.82) is 0 Å². The summed E-state index contributed by atoms with van der Waals surface area (Å²) in [5.41, 5.74) is 3.44. The highest BCUT2D eigenvalue weighted by molar-refractivity contribution is 7.20. The Labute approximate surface area is 168 Å². The molecule has 0 fully saturated rings. The predicted octanol–water partition coefficient (Wildman–Crippen LogP) is 5.55. The normalized spacial score (nSPS) is 10.8. The van der Waals surface area contributed by atoms with E-state index in [0.29, 0.717) is 10.6 Å². The molecule has 0 saturated heterocycles. The van der Waals surface area contributed by atoms with Gasteiger partial charge in [0.25, 0.3) is 0 Å². The van der Waals surface area contributed by atoms with E-state index in [1.165, 1.54) is 17.4 Å². The molecule has 0 bridgehead atoms. The molecule has 1 amide bonds. The van der Waals surface area contributed by atoms with E-state index in [9.17, 15) is 9.59 Å². The Balaban J connectivity index is 1.82. The second-order valence-corrected chi connectivity index (χ2v) is 7.23. The maximum absolute atomic E-state index is 12.4. The third-order valence-electron chi connectivity index (χ3n) is 4.03. The number of carbonyl (C=O) groups is 2. The van der Waals surface area contributed by atoms with Gasteiger partial charge in [-0.05, 0) is 37.1 Å². The van der Waals surface area contributed by atoms with Gasteiger partial charge in [0.1, 0.15) is 5.00 Å². The molecule has 0 spiro atoms. The minimum absolute atomic E-state index is 0.274. The second-order valence-electron chi connectivity index (χ2n) is 6.17. The molecular weight excluding hydrogens is 370 g/mol. The first-order valence-electron chi connectivity index (χ1n) is 8.99. The molecule has 0 aliphatic carbocycles. The number of hydrogen-bond donors (Lipinski definition) is 1. The van der Waals surface area contributed by atoms with E-state index in [0.717, 1.165) is 21.6 Å². The SMILES string of the molecule is CCOC(=O)c1cc(-c2ccccc2)sc1NC(=O)/C=C/c1ccc(C)cc1. The molecular formula is C23H21NO3S. The van der Waals surface area contributed by atoms with Crippen molar-refractivity contribution in [2.24, 2.45) is 0 Å². The molecule has 0 atom stereocenters. The summed E-state index contributed by atoms with van der Waals surface area (Å²) in [7, 11) is 0. The summed E-state index contributed by atoms with van der Waals surface area (Å²) in [6, 6.07) is 19.4. The maximum Gasteiger partial charge on any atom is 0.341 e. The van der Waals surface area contributed by atoms with Gasteiger partial charge in [-0.15, -0.1) is 11.3 Å². The number of nitrogens with one attached hydrogen (secondary N) is 1. The molecule has 0 aliphatic heterocycles. The summed E-state index contributed by atoms with van der Waals surface area (Å²) in [4.78, 5) is 25.6. The first-order chi connectivity index (χ1) is 13.6. The third kappa shape index (κ3) is 4.96. The highest BCUT2D eigenvalue weighted by Crippen LogP contribution is 2.36. The Bertz CT molecular complexity index is 988. The summed E-state index contributed by atoms with van der Waals surface area (Å²) in [6.45, 7) is 4.04. The van der Waals surface area contributed by atoms with Crippen molar-refractivity contribution in [2.45, 2.75) is 13.8 Å². The molecule has 1 N–H and O–H groups in total. The highest BCUT2D eigenvalue weighted by Gasteiger charge is 2.19. The standard InChI is InChI=1S/C23H21NO3S/c1-3-27-23(26)19-15-20(18-7-5-4-6-8-18)28-22(19)24-21(25)14-13-17-11-9-16(2)10-12-17/h4-15H,3H2,1-2H3,(H,24,25)/b14-13+. The fourth-order valence-corrected chi connectivity index (χ4v) is 3.65. The van der Waals surface area contributed by atoms with Crippen LogP contribution in [0.2, 0.25) is 0 Å². The van der Waals surface area contributed by atoms with Gasteiger partial charge in [0, 0.05) is 11.0 Å². The zero-order chi connectivity index (χ0) is 19.9. The van der Waals surface area contributed by atoms with Crippen molar-refractivity contribution < 1.29 is 14.3 Å². The van der Waals surface area contributed by atoms with Gasteiger partial charge < -0.3 is 10.1 Å². The van der Waals surface area contributed by atoms with Crippen LogP contribution in [-0.2, 0) is 9.53 Å². The number of benzene rings is 2. The summed E-state index contributed by atoms with van der Waals surface area (Å²) in [5, 5.41) is 3.30. The van der Waals surface area contributed by atoms with E-state index in [1.807, 2.05) is 61.5 Å². The van der Waals surface area contributed by atoms with Gasteiger partial charge in [-0.2, -0.15) is 0 Å². The number of carbonyl (C=O) groups excluding carboxylic acids is 2. The molecule has 0 saturated carbocycles. The van der Waals surface area contributed by atoms with E-state index in [2.05, 4.69) is 5.32 Å². The predicted molar refractivity (Wildman–Crippen MR) is 115 cm³/mol. The smallest absolute Gasteiger partial charge is 0.341 e. The van der Waals surface area contributed by atoms with Crippen molar-refractivity contribution in [1.82, 2.24) is 0 Å². The lowest BCUT2D eigenvalue weighted by Crippen LogP contribution is -2.11. The number of thiophene rings is 1. The van der Waals surface area contributed by atoms with Crippen molar-refractivity contribution >= 4 is 34.3 Å². The minimum Gasteiger partial charge on any atom is -0.462 e. The van der Waals surface area contributed by atoms with Gasteiger partial charge in [0.15, 0.2) is 0 Å². The number of rotatable bonds is 6. The van der Waals surface area contributed by atoms with Crippen molar-refractivity contribution in [3.05, 3.63) is 83.4 Å². The second kappa shape index (κ2) is 9.15. The summed E-state index contributed by atoms with van der Waals surface area (Å²) in [5.74, 6) is -0.744. The zero-order valence-corrected chi connectivity index (χ0v) is 16.6. The molecule has 3 aromatic rings. The number of amides is 1. The fraction of sp³-hybridized carbons (Fsp3) is 0.130. The van der Waals surface area contributed by atoms with Crippen molar-refractivity contribution in [3.63, 3.8) is 0 Å². The molecule has 0 unspecified atom stereocenters. The van der Waals surface area contributed by atoms with Gasteiger partial charge >= 0.3 is 5.97 Å². The van der Waals surface area contributed by atoms with E-state index < -0.39 is 5.97 Å². The molecule has 3 rings (SSSR count). The number of anilines is 1. The number of hydrogen-bond acceptors (Lipinski definition) is 4. The van der Waals surface area contributed by atoms with Crippen LogP contribution in [0, 0.1) is 6.92 Å². The molecule has 28 heavy (non-hydrogen) atoms. The van der Waals surface area contributed by atoms with Gasteiger partial charge in [-0.25, -0.2) is 4.79 Å². The van der Waals surface area contributed by atoms with Crippen LogP contribution >= 0.6 is 11.3 Å². The lowest BCUT2D eigenvalue weighted by molar-refractivity contribution is -0.111. The molecule has 0 radical (unpaired) electrons. The first-order valence-corrected chi connectivity index (χ1v) is 9.80. The van der Waals surface area contributed by atoms with Crippen LogP contribution in [0.4, 0.5) is 5.00 Å². The molecule has 0 aliphatic rings. The van der Waals surface area contributed by atoms with Crippen molar-refractivity contribution in [3.8, 4) is 10.4 Å². The van der Waals surface area contributed by atoms with Gasteiger partial charge in [-0.3, -0.25) is 4.79 Å². The highest BCUT2D eigenvalue weighted by atomic mass is 32.1. The summed E-state index contributed by atoms with van der Waals surface area (Å²) >= 11 is 1.35. The van der Waals surface area contributed by atoms with Crippen LogP contribution in [0.1, 0.15) is 28.4 Å². The van der Waals surface area contributed by atoms with Crippen molar-refractivity contribution in [2.75, 3.05) is 11.9 Å². The molecule has 142 valence electrons. The average Bonchev–Trinajstić information content (AvgIpc) is 3.12. The van der Waals surface area contributed by atoms with E-state index >= 15 is 0 Å². The number of esters is 1. The van der Waals surface area contributed by atoms with Crippen LogP contribution in [0.25, 0.3) is 16.5 Å². The molecule has 1 aromatic heterocycles. The number of aryl methyl sites for hydroxylation is 1. The van der Waals surface area contributed by atoms with Gasteiger partial charge in [-0.1, -0.05) is 60.2 Å². The monoisotopic (exact) mass is 391 g/mol. The summed E-state index contributed by atoms with van der Waals surface area (Å²) < 4.78 is 5.14. The molecule has 2 aromatic carbocycles. The Morgan fingerprint density at radius 2 is 1.79 bits per heavy atom. The molecule has 5 heteroatoms. The van der Waals surface area contributed by atoms with Crippen LogP contribution in [0.15, 0.2) is 66.7 Å². The average molecular weight is 391 g/mol. The Morgan fingerprint density at radius 3 is 2.46 bits per heavy atom. The minimum atomic E-state index is -0.446. The maximum atomic E-state index is 12.4. The topological polar surface area (TPSA) is 55.4 Å². The van der Waals surface area contributed by atoms with Crippen LogP contribution in [-0.4, -0.2) is 18.5 Å². The van der Waals surface area contributed by atoms with Crippen LogP contribution in [0.5, 0.6) is 0 Å². The van der Waals surface area contributed by atoms with Crippen LogP contribution < -0.4 is 5.32 Å². The third-order valence-corrected chi connectivity index (χ3v) is 5.13. The Kier molecular flexibility index (Phi) is 6.40. The Hall–Kier alpha value is -3.18. The van der Waals surface area contributed by atoms with E-state index in [4.69, 9.17) is 4.74 Å². The largest absolute Gasteiger partial charge is 0.462 e. The molecule has 4 nitrogen and oxygen atoms in total. The lowest BCUT2D eigenvalue weighted by Gasteiger charge is -2.03.